The fraction of sp³-hybridized carbons (Fsp3) is 0.529. The van der Waals surface area contributed by atoms with Crippen LogP contribution >= 0.6 is 0 Å². The number of carbonyl (C=O) groups is 5. The fourth-order valence-corrected chi connectivity index (χ4v) is 5.98. The quantitative estimate of drug-likeness (QED) is 0.380. The van der Waals surface area contributed by atoms with Crippen LogP contribution in [0.4, 0.5) is 0 Å². The smallest absolute Gasteiger partial charge is 0.258 e. The highest BCUT2D eigenvalue weighted by molar-refractivity contribution is 5.95. The van der Waals surface area contributed by atoms with E-state index in [1.165, 1.54) is 20.9 Å². The van der Waals surface area contributed by atoms with Crippen molar-refractivity contribution in [1.29, 1.82) is 0 Å². The lowest BCUT2D eigenvalue weighted by Gasteiger charge is -2.42. The van der Waals surface area contributed by atoms with Crippen molar-refractivity contribution in [1.82, 2.24) is 30.7 Å². The molecular weight excluding hydrogens is 604 g/mol. The molecule has 1 spiro atoms. The number of likely N-dealkylation sites (N-methyl/N-ethyl adjacent to an activating group) is 1. The second-order valence-corrected chi connectivity index (χ2v) is 13.0. The fourth-order valence-electron chi connectivity index (χ4n) is 5.98. The Morgan fingerprint density at radius 2 is 1.74 bits per heavy atom. The summed E-state index contributed by atoms with van der Waals surface area (Å²) in [6.07, 6.45) is 3.70. The number of piperidine rings is 1. The molecule has 2 bridgehead atoms. The number of amides is 5. The van der Waals surface area contributed by atoms with Gasteiger partial charge >= 0.3 is 0 Å². The van der Waals surface area contributed by atoms with Crippen LogP contribution in [0.2, 0.25) is 0 Å². The molecule has 2 aliphatic heterocycles. The Bertz CT molecular complexity index is 1440. The van der Waals surface area contributed by atoms with Crippen molar-refractivity contribution < 1.29 is 33.8 Å². The first kappa shape index (κ1) is 35.3. The van der Waals surface area contributed by atoms with E-state index >= 15 is 0 Å². The first-order valence-electron chi connectivity index (χ1n) is 16.0. The molecule has 2 aromatic rings. The van der Waals surface area contributed by atoms with Crippen LogP contribution < -0.4 is 20.7 Å². The second kappa shape index (κ2) is 15.4. The first-order chi connectivity index (χ1) is 22.3. The monoisotopic (exact) mass is 650 g/mol. The minimum Gasteiger partial charge on any atom is -0.484 e. The van der Waals surface area contributed by atoms with Crippen molar-refractivity contribution in [3.8, 4) is 5.75 Å². The SMILES string of the molecule is CC(C)C1NC(=O)[C@H](C)N(C)C(=O)[C@H]([C@@H](C)O)NC(=O)COc2cccc(c2)CC2(CCN(C(=O)c3cccnc3)CC2)CNC1=O. The van der Waals surface area contributed by atoms with E-state index in [0.717, 1.165) is 10.5 Å². The molecule has 1 aromatic carbocycles. The maximum absolute atomic E-state index is 13.7. The highest BCUT2D eigenvalue weighted by atomic mass is 16.5. The average Bonchev–Trinajstić information content (AvgIpc) is 3.06. The predicted molar refractivity (Wildman–Crippen MR) is 173 cm³/mol. The zero-order valence-corrected chi connectivity index (χ0v) is 27.7. The first-order valence-corrected chi connectivity index (χ1v) is 16.0. The van der Waals surface area contributed by atoms with Crippen LogP contribution in [0, 0.1) is 11.3 Å². The van der Waals surface area contributed by atoms with E-state index in [1.807, 2.05) is 32.0 Å². The van der Waals surface area contributed by atoms with Crippen molar-refractivity contribution in [3.05, 3.63) is 59.9 Å². The molecule has 13 heteroatoms. The summed E-state index contributed by atoms with van der Waals surface area (Å²) in [7, 11) is 1.40. The number of fused-ring (bicyclic) bond motifs is 2. The Kier molecular flexibility index (Phi) is 11.6. The summed E-state index contributed by atoms with van der Waals surface area (Å²) in [6, 6.07) is 7.58. The molecule has 0 saturated carbocycles. The molecule has 2 aliphatic rings. The number of hydrogen-bond donors (Lipinski definition) is 4. The van der Waals surface area contributed by atoms with Crippen LogP contribution in [-0.2, 0) is 25.6 Å². The Morgan fingerprint density at radius 3 is 2.38 bits per heavy atom. The number of aliphatic hydroxyl groups is 1. The molecule has 1 fully saturated rings. The number of hydrogen-bond acceptors (Lipinski definition) is 8. The summed E-state index contributed by atoms with van der Waals surface area (Å²) in [5, 5.41) is 18.7. The van der Waals surface area contributed by atoms with E-state index in [1.54, 1.807) is 35.5 Å². The van der Waals surface area contributed by atoms with E-state index in [0.29, 0.717) is 50.2 Å². The van der Waals surface area contributed by atoms with Crippen molar-refractivity contribution in [2.75, 3.05) is 33.3 Å². The molecule has 4 rings (SSSR count). The van der Waals surface area contributed by atoms with Crippen molar-refractivity contribution >= 4 is 29.5 Å². The second-order valence-electron chi connectivity index (χ2n) is 13.0. The normalized spacial score (nSPS) is 23.9. The molecule has 1 saturated heterocycles. The molecule has 0 aliphatic carbocycles. The maximum atomic E-state index is 13.7. The van der Waals surface area contributed by atoms with E-state index in [9.17, 15) is 29.1 Å². The van der Waals surface area contributed by atoms with Gasteiger partial charge in [0.15, 0.2) is 6.61 Å². The van der Waals surface area contributed by atoms with Gasteiger partial charge in [0.25, 0.3) is 11.8 Å². The lowest BCUT2D eigenvalue weighted by Crippen LogP contribution is -2.59. The lowest BCUT2D eigenvalue weighted by atomic mass is 9.73. The Labute approximate surface area is 275 Å². The van der Waals surface area contributed by atoms with Crippen molar-refractivity contribution in [2.45, 2.75) is 71.2 Å². The van der Waals surface area contributed by atoms with Crippen molar-refractivity contribution in [2.24, 2.45) is 11.3 Å². The van der Waals surface area contributed by atoms with Gasteiger partial charge in [0.2, 0.25) is 17.7 Å². The molecule has 1 unspecified atom stereocenters. The highest BCUT2D eigenvalue weighted by Gasteiger charge is 2.39. The molecule has 3 heterocycles. The lowest BCUT2D eigenvalue weighted by molar-refractivity contribution is -0.144. The van der Waals surface area contributed by atoms with Crippen molar-refractivity contribution in [3.63, 3.8) is 0 Å². The zero-order chi connectivity index (χ0) is 34.3. The van der Waals surface area contributed by atoms with E-state index in [2.05, 4.69) is 20.9 Å². The molecule has 5 amide bonds. The number of aromatic nitrogens is 1. The molecule has 1 aromatic heterocycles. The number of ether oxygens (including phenoxy) is 1. The molecule has 13 nitrogen and oxygen atoms in total. The van der Waals surface area contributed by atoms with Gasteiger partial charge in [0.05, 0.1) is 11.7 Å². The summed E-state index contributed by atoms with van der Waals surface area (Å²) < 4.78 is 5.77. The van der Waals surface area contributed by atoms with Crippen LogP contribution in [0.3, 0.4) is 0 Å². The maximum Gasteiger partial charge on any atom is 0.258 e. The number of carbonyl (C=O) groups excluding carboxylic acids is 5. The Morgan fingerprint density at radius 1 is 1.02 bits per heavy atom. The standard InChI is InChI=1S/C34H46N6O7/c1-21(2)28-31(44)36-20-34(11-14-40(15-12-34)32(45)25-9-7-13-35-18-25)17-24-8-6-10-26(16-24)47-19-27(42)37-29(23(4)41)33(46)39(5)22(3)30(43)38-28/h6-10,13,16,18,21-23,28-29,41H,11-12,14-15,17,19-20H2,1-5H3,(H,36,44)(H,37,42)(H,38,43)/t22-,23+,28?,29-/m0/s1. The van der Waals surface area contributed by atoms with Crippen LogP contribution in [-0.4, -0.2) is 107 Å². The Balaban J connectivity index is 1.63. The third-order valence-corrected chi connectivity index (χ3v) is 9.12. The predicted octanol–water partition coefficient (Wildman–Crippen LogP) is 0.909. The summed E-state index contributed by atoms with van der Waals surface area (Å²) in [4.78, 5) is 73.3. The summed E-state index contributed by atoms with van der Waals surface area (Å²) >= 11 is 0. The third-order valence-electron chi connectivity index (χ3n) is 9.12. The molecule has 254 valence electrons. The number of rotatable bonds is 3. The number of pyridine rings is 1. The average molecular weight is 651 g/mol. The number of benzene rings is 1. The summed E-state index contributed by atoms with van der Waals surface area (Å²) in [6.45, 7) is 7.39. The van der Waals surface area contributed by atoms with Gasteiger partial charge in [-0.25, -0.2) is 0 Å². The van der Waals surface area contributed by atoms with Crippen LogP contribution in [0.25, 0.3) is 0 Å². The number of nitrogens with zero attached hydrogens (tertiary/aromatic N) is 3. The largest absolute Gasteiger partial charge is 0.484 e. The molecule has 4 N–H and O–H groups in total. The van der Waals surface area contributed by atoms with Crippen LogP contribution in [0.5, 0.6) is 5.75 Å². The van der Waals surface area contributed by atoms with Gasteiger partial charge in [-0.2, -0.15) is 0 Å². The van der Waals surface area contributed by atoms with Crippen LogP contribution in [0.1, 0.15) is 56.5 Å². The van der Waals surface area contributed by atoms with Gasteiger partial charge < -0.3 is 35.6 Å². The van der Waals surface area contributed by atoms with Gasteiger partial charge in [0, 0.05) is 39.1 Å². The van der Waals surface area contributed by atoms with E-state index in [4.69, 9.17) is 4.74 Å². The summed E-state index contributed by atoms with van der Waals surface area (Å²) in [5.41, 5.74) is 1.02. The summed E-state index contributed by atoms with van der Waals surface area (Å²) in [5.74, 6) is -2.12. The highest BCUT2D eigenvalue weighted by Crippen LogP contribution is 2.36. The number of likely N-dealkylation sites (tertiary alicyclic amines) is 1. The molecule has 4 atom stereocenters. The van der Waals surface area contributed by atoms with E-state index < -0.39 is 54.0 Å². The van der Waals surface area contributed by atoms with Gasteiger partial charge in [0.1, 0.15) is 23.9 Å². The molecule has 0 radical (unpaired) electrons. The molecule has 47 heavy (non-hydrogen) atoms. The minimum absolute atomic E-state index is 0.0975. The van der Waals surface area contributed by atoms with Gasteiger partial charge in [-0.15, -0.1) is 0 Å². The Hall–Kier alpha value is -4.52. The van der Waals surface area contributed by atoms with Gasteiger partial charge in [-0.05, 0) is 74.3 Å². The molecular formula is C34H46N6O7. The zero-order valence-electron chi connectivity index (χ0n) is 27.7. The topological polar surface area (TPSA) is 170 Å². The third kappa shape index (κ3) is 8.85. The number of nitrogens with one attached hydrogen (secondary N) is 3. The minimum atomic E-state index is -1.32. The van der Waals surface area contributed by atoms with Gasteiger partial charge in [-0.1, -0.05) is 26.0 Å². The van der Waals surface area contributed by atoms with E-state index in [-0.39, 0.29) is 17.7 Å². The van der Waals surface area contributed by atoms with Crippen LogP contribution in [0.15, 0.2) is 48.8 Å². The number of aliphatic hydroxyl groups excluding tert-OH is 1. The van der Waals surface area contributed by atoms with Gasteiger partial charge in [-0.3, -0.25) is 29.0 Å².